The maximum Gasteiger partial charge on any atom is 0.256 e. The van der Waals surface area contributed by atoms with Gasteiger partial charge in [-0.25, -0.2) is 9.97 Å². The third-order valence-corrected chi connectivity index (χ3v) is 3.88. The van der Waals surface area contributed by atoms with E-state index in [2.05, 4.69) is 10.3 Å². The molecule has 0 aliphatic rings. The number of methoxy groups -OCH3 is 1. The molecule has 1 aromatic heterocycles. The second-order valence-corrected chi connectivity index (χ2v) is 6.26. The van der Waals surface area contributed by atoms with Gasteiger partial charge in [-0.2, -0.15) is 0 Å². The first-order valence-corrected chi connectivity index (χ1v) is 8.59. The van der Waals surface area contributed by atoms with Gasteiger partial charge in [0, 0.05) is 11.1 Å². The van der Waals surface area contributed by atoms with E-state index in [1.807, 2.05) is 62.4 Å². The maximum atomic E-state index is 12.5. The predicted octanol–water partition coefficient (Wildman–Crippen LogP) is 4.83. The molecule has 1 heterocycles. The average Bonchev–Trinajstić information content (AvgIpc) is 2.69. The minimum Gasteiger partial charge on any atom is -0.497 e. The van der Waals surface area contributed by atoms with Crippen LogP contribution in [-0.4, -0.2) is 23.0 Å². The number of allylic oxidation sites excluding steroid dienone is 1. The third kappa shape index (κ3) is 4.58. The SMILES string of the molecule is COc1ccc(-c2cnc(NC(=O)c3ccccc3)c(C=C(C)C)n2)cc1. The van der Waals surface area contributed by atoms with Crippen LogP contribution in [-0.2, 0) is 0 Å². The molecule has 136 valence electrons. The topological polar surface area (TPSA) is 64.1 Å². The van der Waals surface area contributed by atoms with Gasteiger partial charge in [0.05, 0.1) is 19.0 Å². The van der Waals surface area contributed by atoms with Gasteiger partial charge in [0.2, 0.25) is 0 Å². The first-order valence-electron chi connectivity index (χ1n) is 8.59. The number of aromatic nitrogens is 2. The normalized spacial score (nSPS) is 10.2. The molecule has 3 rings (SSSR count). The molecule has 1 N–H and O–H groups in total. The lowest BCUT2D eigenvalue weighted by atomic mass is 10.1. The highest BCUT2D eigenvalue weighted by molar-refractivity contribution is 6.04. The van der Waals surface area contributed by atoms with E-state index in [9.17, 15) is 4.79 Å². The molecule has 0 saturated carbocycles. The quantitative estimate of drug-likeness (QED) is 0.709. The number of carbonyl (C=O) groups excluding carboxylic acids is 1. The lowest BCUT2D eigenvalue weighted by Gasteiger charge is -2.10. The molecule has 27 heavy (non-hydrogen) atoms. The van der Waals surface area contributed by atoms with E-state index in [1.54, 1.807) is 25.4 Å². The highest BCUT2D eigenvalue weighted by Crippen LogP contribution is 2.23. The molecule has 0 bridgehead atoms. The van der Waals surface area contributed by atoms with Crippen molar-refractivity contribution in [2.24, 2.45) is 0 Å². The molecule has 0 aliphatic heterocycles. The van der Waals surface area contributed by atoms with Gasteiger partial charge < -0.3 is 10.1 Å². The van der Waals surface area contributed by atoms with Crippen molar-refractivity contribution in [3.63, 3.8) is 0 Å². The van der Waals surface area contributed by atoms with E-state index in [4.69, 9.17) is 9.72 Å². The molecular weight excluding hydrogens is 338 g/mol. The van der Waals surface area contributed by atoms with Crippen molar-refractivity contribution >= 4 is 17.8 Å². The summed E-state index contributed by atoms with van der Waals surface area (Å²) in [6.45, 7) is 3.95. The second kappa shape index (κ2) is 8.27. The van der Waals surface area contributed by atoms with E-state index in [0.29, 0.717) is 17.1 Å². The van der Waals surface area contributed by atoms with Gasteiger partial charge in [-0.05, 0) is 56.3 Å². The molecular formula is C22H21N3O2. The number of hydrogen-bond acceptors (Lipinski definition) is 4. The fraction of sp³-hybridized carbons (Fsp3) is 0.136. The summed E-state index contributed by atoms with van der Waals surface area (Å²) in [5, 5.41) is 2.85. The number of nitrogens with zero attached hydrogens (tertiary/aromatic N) is 2. The Morgan fingerprint density at radius 3 is 2.37 bits per heavy atom. The lowest BCUT2D eigenvalue weighted by molar-refractivity contribution is 0.102. The minimum absolute atomic E-state index is 0.217. The summed E-state index contributed by atoms with van der Waals surface area (Å²) in [5.74, 6) is 0.996. The zero-order valence-electron chi connectivity index (χ0n) is 15.6. The number of nitrogens with one attached hydrogen (secondary N) is 1. The maximum absolute atomic E-state index is 12.5. The van der Waals surface area contributed by atoms with Crippen LogP contribution in [0.5, 0.6) is 5.75 Å². The van der Waals surface area contributed by atoms with Crippen LogP contribution in [0.25, 0.3) is 17.3 Å². The fourth-order valence-electron chi connectivity index (χ4n) is 2.54. The number of amides is 1. The Morgan fingerprint density at radius 2 is 1.74 bits per heavy atom. The lowest BCUT2D eigenvalue weighted by Crippen LogP contribution is -2.14. The summed E-state index contributed by atoms with van der Waals surface area (Å²) in [6, 6.07) is 16.6. The van der Waals surface area contributed by atoms with Crippen molar-refractivity contribution in [2.75, 3.05) is 12.4 Å². The Balaban J connectivity index is 1.94. The Bertz CT molecular complexity index is 961. The van der Waals surface area contributed by atoms with Gasteiger partial charge in [0.1, 0.15) is 11.4 Å². The van der Waals surface area contributed by atoms with Crippen LogP contribution in [0.2, 0.25) is 0 Å². The molecule has 0 radical (unpaired) electrons. The molecule has 0 aliphatic carbocycles. The van der Waals surface area contributed by atoms with Crippen LogP contribution in [0.4, 0.5) is 5.82 Å². The van der Waals surface area contributed by atoms with Crippen LogP contribution in [0, 0.1) is 0 Å². The number of anilines is 1. The van der Waals surface area contributed by atoms with Crippen molar-refractivity contribution in [1.29, 1.82) is 0 Å². The summed E-state index contributed by atoms with van der Waals surface area (Å²) in [4.78, 5) is 21.6. The van der Waals surface area contributed by atoms with Gasteiger partial charge in [0.25, 0.3) is 5.91 Å². The summed E-state index contributed by atoms with van der Waals surface area (Å²) in [5.41, 5.74) is 3.90. The smallest absolute Gasteiger partial charge is 0.256 e. The van der Waals surface area contributed by atoms with E-state index >= 15 is 0 Å². The predicted molar refractivity (Wildman–Crippen MR) is 108 cm³/mol. The largest absolute Gasteiger partial charge is 0.497 e. The minimum atomic E-state index is -0.217. The monoisotopic (exact) mass is 359 g/mol. The zero-order valence-corrected chi connectivity index (χ0v) is 15.6. The first kappa shape index (κ1) is 18.3. The summed E-state index contributed by atoms with van der Waals surface area (Å²) in [6.07, 6.45) is 3.56. The van der Waals surface area contributed by atoms with Crippen molar-refractivity contribution in [2.45, 2.75) is 13.8 Å². The Hall–Kier alpha value is -3.47. The molecule has 0 fully saturated rings. The Morgan fingerprint density at radius 1 is 1.04 bits per heavy atom. The molecule has 1 amide bonds. The molecule has 3 aromatic rings. The molecule has 5 nitrogen and oxygen atoms in total. The van der Waals surface area contributed by atoms with Crippen molar-refractivity contribution in [3.8, 4) is 17.0 Å². The number of ether oxygens (including phenoxy) is 1. The zero-order chi connectivity index (χ0) is 19.2. The van der Waals surface area contributed by atoms with Gasteiger partial charge in [-0.1, -0.05) is 23.8 Å². The number of rotatable bonds is 5. The van der Waals surface area contributed by atoms with Crippen molar-refractivity contribution in [1.82, 2.24) is 9.97 Å². The van der Waals surface area contributed by atoms with E-state index in [0.717, 1.165) is 22.6 Å². The Kier molecular flexibility index (Phi) is 5.61. The van der Waals surface area contributed by atoms with E-state index in [-0.39, 0.29) is 5.91 Å². The molecule has 0 spiro atoms. The first-order chi connectivity index (χ1) is 13.1. The van der Waals surface area contributed by atoms with Crippen LogP contribution in [0.1, 0.15) is 29.9 Å². The van der Waals surface area contributed by atoms with Crippen LogP contribution in [0.15, 0.2) is 66.4 Å². The van der Waals surface area contributed by atoms with Gasteiger partial charge >= 0.3 is 0 Å². The molecule has 0 saturated heterocycles. The number of hydrogen-bond donors (Lipinski definition) is 1. The third-order valence-electron chi connectivity index (χ3n) is 3.88. The summed E-state index contributed by atoms with van der Waals surface area (Å²) in [7, 11) is 1.63. The highest BCUT2D eigenvalue weighted by atomic mass is 16.5. The van der Waals surface area contributed by atoms with Crippen LogP contribution < -0.4 is 10.1 Å². The van der Waals surface area contributed by atoms with Gasteiger partial charge in [0.15, 0.2) is 5.82 Å². The number of benzene rings is 2. The van der Waals surface area contributed by atoms with Crippen LogP contribution >= 0.6 is 0 Å². The van der Waals surface area contributed by atoms with Crippen molar-refractivity contribution < 1.29 is 9.53 Å². The fourth-order valence-corrected chi connectivity index (χ4v) is 2.54. The summed E-state index contributed by atoms with van der Waals surface area (Å²) < 4.78 is 5.19. The number of carbonyl (C=O) groups is 1. The molecule has 5 heteroatoms. The Labute approximate surface area is 158 Å². The van der Waals surface area contributed by atoms with Crippen LogP contribution in [0.3, 0.4) is 0 Å². The van der Waals surface area contributed by atoms with Gasteiger partial charge in [-0.15, -0.1) is 0 Å². The van der Waals surface area contributed by atoms with Crippen molar-refractivity contribution in [3.05, 3.63) is 77.6 Å². The molecule has 2 aromatic carbocycles. The highest BCUT2D eigenvalue weighted by Gasteiger charge is 2.12. The summed E-state index contributed by atoms with van der Waals surface area (Å²) >= 11 is 0. The second-order valence-electron chi connectivity index (χ2n) is 6.26. The molecule has 0 unspecified atom stereocenters. The van der Waals surface area contributed by atoms with E-state index in [1.165, 1.54) is 0 Å². The average molecular weight is 359 g/mol. The van der Waals surface area contributed by atoms with E-state index < -0.39 is 0 Å². The standard InChI is InChI=1S/C22H21N3O2/c1-15(2)13-19-21(25-22(26)17-7-5-4-6-8-17)23-14-20(24-19)16-9-11-18(27-3)12-10-16/h4-14H,1-3H3,(H,23,25,26). The van der Waals surface area contributed by atoms with Gasteiger partial charge in [-0.3, -0.25) is 4.79 Å². The molecule has 0 atom stereocenters.